The number of nitrogen functional groups attached to an aromatic ring is 1. The molecule has 25 heavy (non-hydrogen) atoms. The Morgan fingerprint density at radius 2 is 1.84 bits per heavy atom. The molecule has 1 aliphatic rings. The molecule has 3 rings (SSSR count). The standard InChI is InChI=1S/C21H27N3O/c1-23(21(25)13-17-7-9-20(22)10-8-17)14-19-11-12-24(16-19)15-18-5-3-2-4-6-18/h2-10,19H,11-16,22H2,1H3. The molecule has 132 valence electrons. The zero-order chi connectivity index (χ0) is 17.6. The van der Waals surface area contributed by atoms with Crippen molar-refractivity contribution in [2.45, 2.75) is 19.4 Å². The van der Waals surface area contributed by atoms with Crippen molar-refractivity contribution in [3.05, 3.63) is 65.7 Å². The van der Waals surface area contributed by atoms with Crippen LogP contribution in [0.25, 0.3) is 0 Å². The monoisotopic (exact) mass is 337 g/mol. The number of rotatable bonds is 6. The topological polar surface area (TPSA) is 49.6 Å². The van der Waals surface area contributed by atoms with Gasteiger partial charge in [-0.1, -0.05) is 42.5 Å². The molecular formula is C21H27N3O. The summed E-state index contributed by atoms with van der Waals surface area (Å²) in [6.45, 7) is 4.01. The lowest BCUT2D eigenvalue weighted by molar-refractivity contribution is -0.129. The molecule has 2 N–H and O–H groups in total. The van der Waals surface area contributed by atoms with Crippen molar-refractivity contribution >= 4 is 11.6 Å². The fourth-order valence-corrected chi connectivity index (χ4v) is 3.48. The predicted octanol–water partition coefficient (Wildman–Crippen LogP) is 2.79. The molecule has 4 heteroatoms. The van der Waals surface area contributed by atoms with Crippen LogP contribution in [0.1, 0.15) is 17.5 Å². The minimum absolute atomic E-state index is 0.172. The number of nitrogens with zero attached hydrogens (tertiary/aromatic N) is 2. The quantitative estimate of drug-likeness (QED) is 0.825. The molecule has 0 spiro atoms. The average molecular weight is 337 g/mol. The number of anilines is 1. The lowest BCUT2D eigenvalue weighted by Gasteiger charge is -2.22. The average Bonchev–Trinajstić information content (AvgIpc) is 3.04. The van der Waals surface area contributed by atoms with Crippen LogP contribution < -0.4 is 5.73 Å². The third kappa shape index (κ3) is 5.07. The first-order valence-corrected chi connectivity index (χ1v) is 8.95. The second-order valence-electron chi connectivity index (χ2n) is 7.07. The summed E-state index contributed by atoms with van der Waals surface area (Å²) in [5, 5.41) is 0. The van der Waals surface area contributed by atoms with Crippen LogP contribution in [-0.4, -0.2) is 42.4 Å². The maximum Gasteiger partial charge on any atom is 0.226 e. The molecule has 1 unspecified atom stereocenters. The highest BCUT2D eigenvalue weighted by Crippen LogP contribution is 2.20. The van der Waals surface area contributed by atoms with Gasteiger partial charge in [0.1, 0.15) is 0 Å². The van der Waals surface area contributed by atoms with Crippen molar-refractivity contribution < 1.29 is 4.79 Å². The largest absolute Gasteiger partial charge is 0.399 e. The van der Waals surface area contributed by atoms with E-state index in [9.17, 15) is 4.79 Å². The fourth-order valence-electron chi connectivity index (χ4n) is 3.48. The molecule has 4 nitrogen and oxygen atoms in total. The Hall–Kier alpha value is -2.33. The summed E-state index contributed by atoms with van der Waals surface area (Å²) in [5.41, 5.74) is 8.80. The molecule has 0 bridgehead atoms. The number of likely N-dealkylation sites (tertiary alicyclic amines) is 1. The number of amides is 1. The normalized spacial score (nSPS) is 17.6. The predicted molar refractivity (Wildman–Crippen MR) is 102 cm³/mol. The lowest BCUT2D eigenvalue weighted by Crippen LogP contribution is -2.34. The highest BCUT2D eigenvalue weighted by molar-refractivity contribution is 5.78. The molecule has 0 aliphatic carbocycles. The molecular weight excluding hydrogens is 310 g/mol. The number of benzene rings is 2. The zero-order valence-corrected chi connectivity index (χ0v) is 14.9. The van der Waals surface area contributed by atoms with Crippen molar-refractivity contribution in [3.8, 4) is 0 Å². The lowest BCUT2D eigenvalue weighted by atomic mass is 10.1. The van der Waals surface area contributed by atoms with Crippen LogP contribution in [0.2, 0.25) is 0 Å². The summed E-state index contributed by atoms with van der Waals surface area (Å²) in [6.07, 6.45) is 1.60. The van der Waals surface area contributed by atoms with Gasteiger partial charge in [-0.15, -0.1) is 0 Å². The van der Waals surface area contributed by atoms with Gasteiger partial charge in [0.25, 0.3) is 0 Å². The summed E-state index contributed by atoms with van der Waals surface area (Å²) in [4.78, 5) is 16.8. The van der Waals surface area contributed by atoms with Crippen LogP contribution in [0.5, 0.6) is 0 Å². The van der Waals surface area contributed by atoms with Crippen LogP contribution in [0.3, 0.4) is 0 Å². The van der Waals surface area contributed by atoms with Crippen molar-refractivity contribution in [3.63, 3.8) is 0 Å². The molecule has 0 saturated carbocycles. The van der Waals surface area contributed by atoms with Gasteiger partial charge in [-0.3, -0.25) is 9.69 Å². The van der Waals surface area contributed by atoms with Crippen molar-refractivity contribution in [2.24, 2.45) is 5.92 Å². The van der Waals surface area contributed by atoms with E-state index in [4.69, 9.17) is 5.73 Å². The van der Waals surface area contributed by atoms with Crippen molar-refractivity contribution in [1.82, 2.24) is 9.80 Å². The van der Waals surface area contributed by atoms with E-state index in [-0.39, 0.29) is 5.91 Å². The van der Waals surface area contributed by atoms with Gasteiger partial charge in [-0.05, 0) is 42.1 Å². The van der Waals surface area contributed by atoms with E-state index >= 15 is 0 Å². The third-order valence-corrected chi connectivity index (χ3v) is 4.91. The summed E-state index contributed by atoms with van der Waals surface area (Å²) in [6, 6.07) is 18.1. The highest BCUT2D eigenvalue weighted by Gasteiger charge is 2.24. The Kier molecular flexibility index (Phi) is 5.71. The maximum absolute atomic E-state index is 12.4. The van der Waals surface area contributed by atoms with E-state index in [1.807, 2.05) is 36.2 Å². The van der Waals surface area contributed by atoms with Gasteiger partial charge in [0, 0.05) is 32.4 Å². The van der Waals surface area contributed by atoms with E-state index in [0.29, 0.717) is 12.3 Å². The minimum atomic E-state index is 0.172. The van der Waals surface area contributed by atoms with Gasteiger partial charge in [0.2, 0.25) is 5.91 Å². The molecule has 2 aromatic carbocycles. The third-order valence-electron chi connectivity index (χ3n) is 4.91. The maximum atomic E-state index is 12.4. The van der Waals surface area contributed by atoms with E-state index in [0.717, 1.165) is 43.9 Å². The molecule has 1 saturated heterocycles. The number of carbonyl (C=O) groups is 1. The van der Waals surface area contributed by atoms with E-state index in [2.05, 4.69) is 35.2 Å². The van der Waals surface area contributed by atoms with Crippen molar-refractivity contribution in [2.75, 3.05) is 32.4 Å². The molecule has 0 radical (unpaired) electrons. The highest BCUT2D eigenvalue weighted by atomic mass is 16.2. The minimum Gasteiger partial charge on any atom is -0.399 e. The van der Waals surface area contributed by atoms with Crippen LogP contribution >= 0.6 is 0 Å². The Morgan fingerprint density at radius 1 is 1.12 bits per heavy atom. The smallest absolute Gasteiger partial charge is 0.226 e. The van der Waals surface area contributed by atoms with E-state index in [1.165, 1.54) is 5.56 Å². The summed E-state index contributed by atoms with van der Waals surface area (Å²) < 4.78 is 0. The molecule has 1 heterocycles. The SMILES string of the molecule is CN(CC1CCN(Cc2ccccc2)C1)C(=O)Cc1ccc(N)cc1. The van der Waals surface area contributed by atoms with Gasteiger partial charge in [-0.2, -0.15) is 0 Å². The number of hydrogen-bond donors (Lipinski definition) is 1. The van der Waals surface area contributed by atoms with Crippen LogP contribution in [0.15, 0.2) is 54.6 Å². The van der Waals surface area contributed by atoms with Gasteiger partial charge >= 0.3 is 0 Å². The Morgan fingerprint density at radius 3 is 2.56 bits per heavy atom. The summed E-state index contributed by atoms with van der Waals surface area (Å²) in [5.74, 6) is 0.732. The fraction of sp³-hybridized carbons (Fsp3) is 0.381. The first-order valence-electron chi connectivity index (χ1n) is 8.95. The zero-order valence-electron chi connectivity index (χ0n) is 14.9. The van der Waals surface area contributed by atoms with Gasteiger partial charge in [0.05, 0.1) is 6.42 Å². The molecule has 1 amide bonds. The first kappa shape index (κ1) is 17.5. The van der Waals surface area contributed by atoms with E-state index in [1.54, 1.807) is 0 Å². The van der Waals surface area contributed by atoms with Gasteiger partial charge < -0.3 is 10.6 Å². The van der Waals surface area contributed by atoms with Gasteiger partial charge in [0.15, 0.2) is 0 Å². The van der Waals surface area contributed by atoms with Crippen LogP contribution in [0, 0.1) is 5.92 Å². The number of hydrogen-bond acceptors (Lipinski definition) is 3. The summed E-state index contributed by atoms with van der Waals surface area (Å²) in [7, 11) is 1.92. The van der Waals surface area contributed by atoms with E-state index < -0.39 is 0 Å². The molecule has 2 aromatic rings. The number of carbonyl (C=O) groups excluding carboxylic acids is 1. The Balaban J connectivity index is 1.45. The molecule has 0 aromatic heterocycles. The van der Waals surface area contributed by atoms with Crippen LogP contribution in [-0.2, 0) is 17.8 Å². The molecule has 1 atom stereocenters. The van der Waals surface area contributed by atoms with Crippen LogP contribution in [0.4, 0.5) is 5.69 Å². The van der Waals surface area contributed by atoms with Crippen molar-refractivity contribution in [1.29, 1.82) is 0 Å². The molecule has 1 aliphatic heterocycles. The number of nitrogens with two attached hydrogens (primary N) is 1. The van der Waals surface area contributed by atoms with Gasteiger partial charge in [-0.25, -0.2) is 0 Å². The summed E-state index contributed by atoms with van der Waals surface area (Å²) >= 11 is 0. The number of likely N-dealkylation sites (N-methyl/N-ethyl adjacent to an activating group) is 1. The Bertz CT molecular complexity index is 684. The second-order valence-corrected chi connectivity index (χ2v) is 7.07. The second kappa shape index (κ2) is 8.17. The molecule has 1 fully saturated rings. The first-order chi connectivity index (χ1) is 12.1. The Labute approximate surface area is 150 Å².